The van der Waals surface area contributed by atoms with E-state index in [9.17, 15) is 14.0 Å². The van der Waals surface area contributed by atoms with E-state index >= 15 is 0 Å². The van der Waals surface area contributed by atoms with Gasteiger partial charge in [-0.05, 0) is 47.3 Å². The number of nitrogens with zero attached hydrogens (tertiary/aromatic N) is 2. The summed E-state index contributed by atoms with van der Waals surface area (Å²) in [4.78, 5) is 30.4. The average Bonchev–Trinajstić information content (AvgIpc) is 3.09. The number of carbonyl (C=O) groups excluding carboxylic acids is 2. The fourth-order valence-corrected chi connectivity index (χ4v) is 4.14. The SMILES string of the molecule is CN(C)c1cccc(N2C(=O)C(Nc3cccc4ccccc34)=C(c3ccc(F)cc3)C2=O)c1. The summed E-state index contributed by atoms with van der Waals surface area (Å²) in [7, 11) is 3.78. The first-order valence-electron chi connectivity index (χ1n) is 10.9. The molecule has 0 spiro atoms. The maximum absolute atomic E-state index is 13.7. The molecule has 5 rings (SSSR count). The Balaban J connectivity index is 1.65. The van der Waals surface area contributed by atoms with Crippen LogP contribution in [-0.2, 0) is 9.59 Å². The first-order valence-corrected chi connectivity index (χ1v) is 10.9. The summed E-state index contributed by atoms with van der Waals surface area (Å²) >= 11 is 0. The lowest BCUT2D eigenvalue weighted by Gasteiger charge is -2.19. The van der Waals surface area contributed by atoms with Gasteiger partial charge in [0.1, 0.15) is 11.5 Å². The number of amides is 2. The molecule has 1 N–H and O–H groups in total. The molecule has 0 saturated carbocycles. The molecule has 1 aliphatic rings. The molecule has 6 heteroatoms. The molecular formula is C28H22FN3O2. The van der Waals surface area contributed by atoms with Crippen LogP contribution >= 0.6 is 0 Å². The Morgan fingerprint density at radius 3 is 2.26 bits per heavy atom. The molecule has 1 heterocycles. The van der Waals surface area contributed by atoms with Crippen molar-refractivity contribution in [3.63, 3.8) is 0 Å². The van der Waals surface area contributed by atoms with Crippen molar-refractivity contribution in [2.75, 3.05) is 29.2 Å². The number of fused-ring (bicyclic) bond motifs is 1. The highest BCUT2D eigenvalue weighted by atomic mass is 19.1. The van der Waals surface area contributed by atoms with Gasteiger partial charge in [0.2, 0.25) is 0 Å². The smallest absolute Gasteiger partial charge is 0.282 e. The van der Waals surface area contributed by atoms with Crippen molar-refractivity contribution in [1.29, 1.82) is 0 Å². The molecule has 0 aromatic heterocycles. The monoisotopic (exact) mass is 451 g/mol. The van der Waals surface area contributed by atoms with Crippen LogP contribution in [0.15, 0.2) is 96.7 Å². The highest BCUT2D eigenvalue weighted by Gasteiger charge is 2.40. The van der Waals surface area contributed by atoms with Gasteiger partial charge in [0.15, 0.2) is 0 Å². The van der Waals surface area contributed by atoms with Gasteiger partial charge in [-0.25, -0.2) is 9.29 Å². The molecule has 0 aliphatic carbocycles. The summed E-state index contributed by atoms with van der Waals surface area (Å²) in [5, 5.41) is 5.15. The summed E-state index contributed by atoms with van der Waals surface area (Å²) in [6.07, 6.45) is 0. The van der Waals surface area contributed by atoms with Gasteiger partial charge in [0.25, 0.3) is 11.8 Å². The van der Waals surface area contributed by atoms with Crippen LogP contribution in [0.4, 0.5) is 21.5 Å². The van der Waals surface area contributed by atoms with Gasteiger partial charge in [-0.1, -0.05) is 54.6 Å². The number of hydrogen-bond acceptors (Lipinski definition) is 4. The molecule has 0 fully saturated rings. The summed E-state index contributed by atoms with van der Waals surface area (Å²) in [6, 6.07) is 26.4. The van der Waals surface area contributed by atoms with E-state index in [-0.39, 0.29) is 11.3 Å². The van der Waals surface area contributed by atoms with Crippen LogP contribution in [0.1, 0.15) is 5.56 Å². The first kappa shape index (κ1) is 21.4. The number of hydrogen-bond donors (Lipinski definition) is 1. The Kier molecular flexibility index (Phi) is 5.34. The second-order valence-electron chi connectivity index (χ2n) is 8.27. The molecular weight excluding hydrogens is 429 g/mol. The second-order valence-corrected chi connectivity index (χ2v) is 8.27. The number of nitrogens with one attached hydrogen (secondary N) is 1. The van der Waals surface area contributed by atoms with Crippen LogP contribution in [-0.4, -0.2) is 25.9 Å². The van der Waals surface area contributed by atoms with Crippen LogP contribution in [0.25, 0.3) is 16.3 Å². The molecule has 0 radical (unpaired) electrons. The molecule has 1 aliphatic heterocycles. The summed E-state index contributed by atoms with van der Waals surface area (Å²) in [6.45, 7) is 0. The van der Waals surface area contributed by atoms with Crippen molar-refractivity contribution in [2.24, 2.45) is 0 Å². The maximum Gasteiger partial charge on any atom is 0.282 e. The predicted octanol–water partition coefficient (Wildman–Crippen LogP) is 5.44. The lowest BCUT2D eigenvalue weighted by molar-refractivity contribution is -0.120. The van der Waals surface area contributed by atoms with Crippen molar-refractivity contribution in [2.45, 2.75) is 0 Å². The number of carbonyl (C=O) groups is 2. The molecule has 168 valence electrons. The Morgan fingerprint density at radius 1 is 0.794 bits per heavy atom. The highest BCUT2D eigenvalue weighted by Crippen LogP contribution is 2.36. The van der Waals surface area contributed by atoms with Gasteiger partial charge in [-0.15, -0.1) is 0 Å². The summed E-state index contributed by atoms with van der Waals surface area (Å²) in [5.74, 6) is -1.34. The number of rotatable bonds is 5. The Labute approximate surface area is 196 Å². The highest BCUT2D eigenvalue weighted by molar-refractivity contribution is 6.46. The fourth-order valence-electron chi connectivity index (χ4n) is 4.14. The van der Waals surface area contributed by atoms with E-state index < -0.39 is 17.6 Å². The third-order valence-electron chi connectivity index (χ3n) is 5.87. The molecule has 34 heavy (non-hydrogen) atoms. The van der Waals surface area contributed by atoms with E-state index in [2.05, 4.69) is 5.32 Å². The van der Waals surface area contributed by atoms with Crippen LogP contribution < -0.4 is 15.1 Å². The normalized spacial score (nSPS) is 13.7. The molecule has 0 unspecified atom stereocenters. The Bertz CT molecular complexity index is 1450. The lowest BCUT2D eigenvalue weighted by Crippen LogP contribution is -2.32. The predicted molar refractivity (Wildman–Crippen MR) is 134 cm³/mol. The topological polar surface area (TPSA) is 52.6 Å². The second kappa shape index (κ2) is 8.48. The molecule has 4 aromatic carbocycles. The minimum Gasteiger partial charge on any atom is -0.378 e. The lowest BCUT2D eigenvalue weighted by atomic mass is 10.0. The molecule has 4 aromatic rings. The van der Waals surface area contributed by atoms with Crippen LogP contribution in [0.2, 0.25) is 0 Å². The van der Waals surface area contributed by atoms with Crippen LogP contribution in [0, 0.1) is 5.82 Å². The Hall–Kier alpha value is -4.45. The number of benzene rings is 4. The molecule has 0 saturated heterocycles. The zero-order valence-corrected chi connectivity index (χ0v) is 18.7. The third kappa shape index (κ3) is 3.69. The minimum atomic E-state index is -0.465. The minimum absolute atomic E-state index is 0.156. The summed E-state index contributed by atoms with van der Waals surface area (Å²) in [5.41, 5.74) is 2.86. The zero-order chi connectivity index (χ0) is 23.8. The van der Waals surface area contributed by atoms with Crippen molar-refractivity contribution in [3.8, 4) is 0 Å². The first-order chi connectivity index (χ1) is 16.4. The molecule has 0 atom stereocenters. The fraction of sp³-hybridized carbons (Fsp3) is 0.0714. The Morgan fingerprint density at radius 2 is 1.50 bits per heavy atom. The number of anilines is 3. The van der Waals surface area contributed by atoms with E-state index in [4.69, 9.17) is 0 Å². The van der Waals surface area contributed by atoms with Gasteiger partial charge >= 0.3 is 0 Å². The number of imide groups is 1. The van der Waals surface area contributed by atoms with Crippen molar-refractivity contribution in [3.05, 3.63) is 108 Å². The third-order valence-corrected chi connectivity index (χ3v) is 5.87. The van der Waals surface area contributed by atoms with E-state index in [1.54, 1.807) is 18.2 Å². The zero-order valence-electron chi connectivity index (χ0n) is 18.7. The van der Waals surface area contributed by atoms with Crippen LogP contribution in [0.3, 0.4) is 0 Å². The standard InChI is InChI=1S/C28H22FN3O2/c1-31(2)21-9-6-10-22(17-21)32-27(33)25(19-13-15-20(29)16-14-19)26(28(32)34)30-24-12-5-8-18-7-3-4-11-23(18)24/h3-17,30H,1-2H3. The summed E-state index contributed by atoms with van der Waals surface area (Å²) < 4.78 is 13.6. The van der Waals surface area contributed by atoms with E-state index in [1.807, 2.05) is 67.5 Å². The molecule has 5 nitrogen and oxygen atoms in total. The van der Waals surface area contributed by atoms with Crippen LogP contribution in [0.5, 0.6) is 0 Å². The molecule has 2 amide bonds. The van der Waals surface area contributed by atoms with E-state index in [0.29, 0.717) is 16.9 Å². The van der Waals surface area contributed by atoms with Crippen molar-refractivity contribution >= 4 is 45.2 Å². The maximum atomic E-state index is 13.7. The van der Waals surface area contributed by atoms with E-state index in [1.165, 1.54) is 29.2 Å². The van der Waals surface area contributed by atoms with Gasteiger partial charge in [0, 0.05) is 30.9 Å². The quantitative estimate of drug-likeness (QED) is 0.411. The average molecular weight is 452 g/mol. The van der Waals surface area contributed by atoms with Crippen molar-refractivity contribution in [1.82, 2.24) is 0 Å². The van der Waals surface area contributed by atoms with Gasteiger partial charge in [0.05, 0.1) is 11.3 Å². The number of halogens is 1. The largest absolute Gasteiger partial charge is 0.378 e. The molecule has 0 bridgehead atoms. The van der Waals surface area contributed by atoms with E-state index in [0.717, 1.165) is 16.5 Å². The van der Waals surface area contributed by atoms with Gasteiger partial charge in [-0.3, -0.25) is 9.59 Å². The van der Waals surface area contributed by atoms with Gasteiger partial charge < -0.3 is 10.2 Å². The van der Waals surface area contributed by atoms with Gasteiger partial charge in [-0.2, -0.15) is 0 Å². The van der Waals surface area contributed by atoms with Crippen molar-refractivity contribution < 1.29 is 14.0 Å².